The number of benzene rings is 1. The van der Waals surface area contributed by atoms with Gasteiger partial charge in [-0.1, -0.05) is 15.9 Å². The predicted molar refractivity (Wildman–Crippen MR) is 46.2 cm³/mol. The highest BCUT2D eigenvalue weighted by Gasteiger charge is 1.94. The summed E-state index contributed by atoms with van der Waals surface area (Å²) >= 11 is 4.92. The molecule has 0 aliphatic carbocycles. The fourth-order valence-corrected chi connectivity index (χ4v) is 1.94. The van der Waals surface area contributed by atoms with Crippen LogP contribution in [0, 0.1) is 5.51 Å². The molecule has 0 saturated carbocycles. The third-order valence-electron chi connectivity index (χ3n) is 1.24. The summed E-state index contributed by atoms with van der Waals surface area (Å²) in [5, 5.41) is 0. The smallest absolute Gasteiger partial charge is 0.153 e. The van der Waals surface area contributed by atoms with Gasteiger partial charge in [-0.3, -0.25) is 0 Å². The molecule has 0 atom stereocenters. The zero-order valence-corrected chi connectivity index (χ0v) is 7.37. The van der Waals surface area contributed by atoms with Crippen molar-refractivity contribution in [3.05, 3.63) is 28.2 Å². The van der Waals surface area contributed by atoms with Crippen molar-refractivity contribution in [2.75, 3.05) is 0 Å². The summed E-state index contributed by atoms with van der Waals surface area (Å²) in [6.45, 7) is 0. The molecule has 0 saturated heterocycles. The van der Waals surface area contributed by atoms with Gasteiger partial charge in [-0.15, -0.1) is 11.3 Å². The van der Waals surface area contributed by atoms with E-state index in [0.717, 1.165) is 9.99 Å². The molecule has 1 heterocycles. The summed E-state index contributed by atoms with van der Waals surface area (Å²) < 4.78 is 2.27. The molecule has 0 bridgehead atoms. The van der Waals surface area contributed by atoms with Crippen molar-refractivity contribution in [1.29, 1.82) is 0 Å². The van der Waals surface area contributed by atoms with Crippen molar-refractivity contribution in [2.45, 2.75) is 0 Å². The molecule has 1 aromatic heterocycles. The van der Waals surface area contributed by atoms with Gasteiger partial charge < -0.3 is 0 Å². The van der Waals surface area contributed by atoms with E-state index in [0.29, 0.717) is 0 Å². The molecule has 0 fully saturated rings. The van der Waals surface area contributed by atoms with Gasteiger partial charge in [0.1, 0.15) is 0 Å². The van der Waals surface area contributed by atoms with E-state index in [1.54, 1.807) is 0 Å². The van der Waals surface area contributed by atoms with Crippen LogP contribution in [0.25, 0.3) is 10.2 Å². The highest BCUT2D eigenvalue weighted by atomic mass is 79.9. The molecule has 0 spiro atoms. The molecule has 49 valence electrons. The molecule has 3 heteroatoms. The molecule has 0 amide bonds. The first-order valence-electron chi connectivity index (χ1n) is 2.78. The Hall–Kier alpha value is -0.410. The number of hydrogen-bond acceptors (Lipinski definition) is 2. The zero-order valence-electron chi connectivity index (χ0n) is 4.97. The summed E-state index contributed by atoms with van der Waals surface area (Å²) in [4.78, 5) is 4.03. The molecule has 10 heavy (non-hydrogen) atoms. The van der Waals surface area contributed by atoms with E-state index in [2.05, 4.69) is 26.4 Å². The minimum absolute atomic E-state index is 1.02. The van der Waals surface area contributed by atoms with Crippen molar-refractivity contribution in [1.82, 2.24) is 4.98 Å². The Morgan fingerprint density at radius 1 is 1.50 bits per heavy atom. The Bertz CT molecular complexity index is 355. The lowest BCUT2D eigenvalue weighted by molar-refractivity contribution is 1.48. The van der Waals surface area contributed by atoms with Gasteiger partial charge in [0.05, 0.1) is 10.2 Å². The monoisotopic (exact) mass is 212 g/mol. The standard InChI is InChI=1S/C7H3BrNS/c8-5-1-2-6-7(3-5)10-4-9-6/h1-3H. The normalized spacial score (nSPS) is 10.5. The first-order valence-corrected chi connectivity index (χ1v) is 4.39. The molecule has 0 aliphatic rings. The molecule has 0 unspecified atom stereocenters. The van der Waals surface area contributed by atoms with Gasteiger partial charge in [0.15, 0.2) is 5.51 Å². The molecule has 0 aliphatic heterocycles. The van der Waals surface area contributed by atoms with E-state index in [9.17, 15) is 0 Å². The van der Waals surface area contributed by atoms with E-state index >= 15 is 0 Å². The zero-order chi connectivity index (χ0) is 6.97. The van der Waals surface area contributed by atoms with Crippen molar-refractivity contribution >= 4 is 37.5 Å². The number of nitrogens with zero attached hydrogens (tertiary/aromatic N) is 1. The molecule has 2 rings (SSSR count). The number of rotatable bonds is 0. The average Bonchev–Trinajstić information content (AvgIpc) is 2.33. The highest BCUT2D eigenvalue weighted by molar-refractivity contribution is 9.10. The van der Waals surface area contributed by atoms with Crippen LogP contribution >= 0.6 is 27.3 Å². The van der Waals surface area contributed by atoms with Gasteiger partial charge in [-0.25, -0.2) is 4.98 Å². The van der Waals surface area contributed by atoms with E-state index in [1.807, 2.05) is 18.2 Å². The van der Waals surface area contributed by atoms with Crippen molar-refractivity contribution in [2.24, 2.45) is 0 Å². The van der Waals surface area contributed by atoms with Gasteiger partial charge >= 0.3 is 0 Å². The summed E-state index contributed by atoms with van der Waals surface area (Å²) in [5.74, 6) is 0. The average molecular weight is 213 g/mol. The van der Waals surface area contributed by atoms with Crippen LogP contribution in [0.3, 0.4) is 0 Å². The second-order valence-corrected chi connectivity index (χ2v) is 3.66. The Morgan fingerprint density at radius 3 is 3.30 bits per heavy atom. The molecular weight excluding hydrogens is 210 g/mol. The van der Waals surface area contributed by atoms with E-state index < -0.39 is 0 Å². The fourth-order valence-electron chi connectivity index (χ4n) is 0.783. The van der Waals surface area contributed by atoms with Crippen LogP contribution in [0.4, 0.5) is 0 Å². The van der Waals surface area contributed by atoms with Gasteiger partial charge in [0, 0.05) is 4.47 Å². The lowest BCUT2D eigenvalue weighted by Gasteiger charge is -1.86. The van der Waals surface area contributed by atoms with Gasteiger partial charge in [0.2, 0.25) is 0 Å². The van der Waals surface area contributed by atoms with Crippen LogP contribution in [0.1, 0.15) is 0 Å². The van der Waals surface area contributed by atoms with Crippen LogP contribution < -0.4 is 0 Å². The predicted octanol–water partition coefficient (Wildman–Crippen LogP) is 2.86. The van der Waals surface area contributed by atoms with E-state index in [1.165, 1.54) is 16.0 Å². The van der Waals surface area contributed by atoms with Gasteiger partial charge in [-0.2, -0.15) is 0 Å². The third-order valence-corrected chi connectivity index (χ3v) is 2.47. The molecule has 0 N–H and O–H groups in total. The summed E-state index contributed by atoms with van der Waals surface area (Å²) in [7, 11) is 0. The third kappa shape index (κ3) is 0.954. The van der Waals surface area contributed by atoms with Crippen LogP contribution in [0.15, 0.2) is 22.7 Å². The summed E-state index contributed by atoms with van der Waals surface area (Å²) in [5.41, 5.74) is 3.86. The first-order chi connectivity index (χ1) is 4.86. The lowest BCUT2D eigenvalue weighted by Crippen LogP contribution is -1.65. The Kier molecular flexibility index (Phi) is 1.47. The van der Waals surface area contributed by atoms with Crippen LogP contribution in [0.2, 0.25) is 0 Å². The lowest BCUT2D eigenvalue weighted by atomic mass is 10.3. The van der Waals surface area contributed by atoms with Gasteiger partial charge in [0.25, 0.3) is 0 Å². The Labute approximate surface area is 70.8 Å². The van der Waals surface area contributed by atoms with Crippen molar-refractivity contribution < 1.29 is 0 Å². The van der Waals surface area contributed by atoms with Crippen LogP contribution in [0.5, 0.6) is 0 Å². The highest BCUT2D eigenvalue weighted by Crippen LogP contribution is 2.21. The Balaban J connectivity index is 2.86. The largest absolute Gasteiger partial charge is 0.233 e. The number of hydrogen-bond donors (Lipinski definition) is 0. The maximum absolute atomic E-state index is 4.03. The quantitative estimate of drug-likeness (QED) is 0.655. The van der Waals surface area contributed by atoms with E-state index in [4.69, 9.17) is 0 Å². The molecule has 1 nitrogen and oxygen atoms in total. The maximum Gasteiger partial charge on any atom is 0.153 e. The number of halogens is 1. The minimum atomic E-state index is 1.02. The Morgan fingerprint density at radius 2 is 2.40 bits per heavy atom. The summed E-state index contributed by atoms with van der Waals surface area (Å²) in [6, 6.07) is 6.01. The fraction of sp³-hybridized carbons (Fsp3) is 0. The van der Waals surface area contributed by atoms with Crippen LogP contribution in [-0.4, -0.2) is 4.98 Å². The number of aromatic nitrogens is 1. The van der Waals surface area contributed by atoms with Gasteiger partial charge in [-0.05, 0) is 18.2 Å². The van der Waals surface area contributed by atoms with E-state index in [-0.39, 0.29) is 0 Å². The molecule has 2 aromatic rings. The summed E-state index contributed by atoms with van der Waals surface area (Å²) in [6.07, 6.45) is 0. The topological polar surface area (TPSA) is 12.9 Å². The molecule has 1 radical (unpaired) electrons. The molecular formula is C7H3BrNS. The SMILES string of the molecule is Brc1ccc2n[c]sc2c1. The number of thiazole rings is 1. The molecule has 1 aromatic carbocycles. The second-order valence-electron chi connectivity index (χ2n) is 1.92. The maximum atomic E-state index is 4.03. The van der Waals surface area contributed by atoms with Crippen molar-refractivity contribution in [3.8, 4) is 0 Å². The second kappa shape index (κ2) is 2.32. The van der Waals surface area contributed by atoms with Crippen molar-refractivity contribution in [3.63, 3.8) is 0 Å². The first kappa shape index (κ1) is 6.31. The number of fused-ring (bicyclic) bond motifs is 1. The minimum Gasteiger partial charge on any atom is -0.233 e. The van der Waals surface area contributed by atoms with Crippen LogP contribution in [-0.2, 0) is 0 Å².